The summed E-state index contributed by atoms with van der Waals surface area (Å²) in [5, 5.41) is 0.808. The molecule has 1 saturated carbocycles. The fraction of sp³-hybridized carbons (Fsp3) is 0.222. The quantitative estimate of drug-likeness (QED) is 0.688. The van der Waals surface area contributed by atoms with E-state index < -0.39 is 0 Å². The SMILES string of the molecule is Clc1cc(C2[CH]C2)ccc1Br. The summed E-state index contributed by atoms with van der Waals surface area (Å²) in [6, 6.07) is 6.15. The molecule has 1 aromatic carbocycles. The van der Waals surface area contributed by atoms with Gasteiger partial charge >= 0.3 is 0 Å². The average Bonchev–Trinajstić information content (AvgIpc) is 2.77. The molecule has 1 fully saturated rings. The maximum absolute atomic E-state index is 5.92. The van der Waals surface area contributed by atoms with Crippen LogP contribution < -0.4 is 0 Å². The largest absolute Gasteiger partial charge is 0.0831 e. The molecule has 0 amide bonds. The molecule has 57 valence electrons. The molecule has 1 atom stereocenters. The van der Waals surface area contributed by atoms with E-state index in [1.807, 2.05) is 12.1 Å². The highest BCUT2D eigenvalue weighted by atomic mass is 79.9. The molecule has 2 rings (SSSR count). The molecule has 0 spiro atoms. The third kappa shape index (κ3) is 1.60. The topological polar surface area (TPSA) is 0 Å². The van der Waals surface area contributed by atoms with Crippen molar-refractivity contribution in [3.8, 4) is 0 Å². The van der Waals surface area contributed by atoms with Gasteiger partial charge in [0, 0.05) is 4.47 Å². The highest BCUT2D eigenvalue weighted by molar-refractivity contribution is 9.10. The second kappa shape index (κ2) is 2.80. The lowest BCUT2D eigenvalue weighted by atomic mass is 10.1. The van der Waals surface area contributed by atoms with Gasteiger partial charge in [-0.05, 0) is 52.4 Å². The number of hydrogen-bond acceptors (Lipinski definition) is 0. The van der Waals surface area contributed by atoms with Crippen molar-refractivity contribution in [2.75, 3.05) is 0 Å². The van der Waals surface area contributed by atoms with Gasteiger partial charge in [-0.2, -0.15) is 0 Å². The standard InChI is InChI=1S/C9H7BrCl/c10-8-4-3-7(5-9(8)11)6-1-2-6/h1,3-6H,2H2. The molecular formula is C9H7BrCl. The van der Waals surface area contributed by atoms with Gasteiger partial charge in [0.2, 0.25) is 0 Å². The van der Waals surface area contributed by atoms with Crippen molar-refractivity contribution < 1.29 is 0 Å². The van der Waals surface area contributed by atoms with Gasteiger partial charge in [-0.25, -0.2) is 0 Å². The highest BCUT2D eigenvalue weighted by Gasteiger charge is 2.23. The summed E-state index contributed by atoms with van der Waals surface area (Å²) >= 11 is 9.28. The summed E-state index contributed by atoms with van der Waals surface area (Å²) in [6.45, 7) is 0. The van der Waals surface area contributed by atoms with Crippen molar-refractivity contribution in [1.82, 2.24) is 0 Å². The molecule has 0 saturated heterocycles. The van der Waals surface area contributed by atoms with E-state index in [0.29, 0.717) is 5.92 Å². The van der Waals surface area contributed by atoms with Gasteiger partial charge in [-0.3, -0.25) is 0 Å². The normalized spacial score (nSPS) is 16.9. The van der Waals surface area contributed by atoms with E-state index in [9.17, 15) is 0 Å². The first-order chi connectivity index (χ1) is 5.27. The lowest BCUT2D eigenvalue weighted by Crippen LogP contribution is -1.78. The molecule has 11 heavy (non-hydrogen) atoms. The summed E-state index contributed by atoms with van der Waals surface area (Å²) in [5.74, 6) is 0.667. The molecule has 1 unspecified atom stereocenters. The molecular weight excluding hydrogens is 223 g/mol. The van der Waals surface area contributed by atoms with Crippen molar-refractivity contribution in [3.63, 3.8) is 0 Å². The van der Waals surface area contributed by atoms with Crippen LogP contribution in [-0.2, 0) is 0 Å². The lowest BCUT2D eigenvalue weighted by Gasteiger charge is -1.99. The summed E-state index contributed by atoms with van der Waals surface area (Å²) < 4.78 is 0.976. The zero-order chi connectivity index (χ0) is 7.84. The van der Waals surface area contributed by atoms with Gasteiger partial charge in [0.25, 0.3) is 0 Å². The summed E-state index contributed by atoms with van der Waals surface area (Å²) in [7, 11) is 0. The lowest BCUT2D eigenvalue weighted by molar-refractivity contribution is 1.16. The highest BCUT2D eigenvalue weighted by Crippen LogP contribution is 2.40. The maximum Gasteiger partial charge on any atom is 0.0550 e. The van der Waals surface area contributed by atoms with Crippen LogP contribution >= 0.6 is 27.5 Å². The van der Waals surface area contributed by atoms with Crippen LogP contribution in [0.25, 0.3) is 0 Å². The van der Waals surface area contributed by atoms with Crippen molar-refractivity contribution in [1.29, 1.82) is 0 Å². The smallest absolute Gasteiger partial charge is 0.0550 e. The Bertz CT molecular complexity index is 279. The van der Waals surface area contributed by atoms with Crippen LogP contribution in [0.3, 0.4) is 0 Å². The van der Waals surface area contributed by atoms with E-state index in [0.717, 1.165) is 9.50 Å². The van der Waals surface area contributed by atoms with Gasteiger partial charge in [0.05, 0.1) is 5.02 Å². The van der Waals surface area contributed by atoms with Gasteiger partial charge < -0.3 is 0 Å². The van der Waals surface area contributed by atoms with Gasteiger partial charge in [-0.1, -0.05) is 17.7 Å². The Labute approximate surface area is 79.7 Å². The molecule has 0 heterocycles. The van der Waals surface area contributed by atoms with Crippen LogP contribution in [0.2, 0.25) is 5.02 Å². The van der Waals surface area contributed by atoms with E-state index in [1.165, 1.54) is 12.0 Å². The minimum atomic E-state index is 0.667. The van der Waals surface area contributed by atoms with E-state index in [4.69, 9.17) is 11.6 Å². The van der Waals surface area contributed by atoms with Crippen molar-refractivity contribution >= 4 is 27.5 Å². The Morgan fingerprint density at radius 2 is 2.18 bits per heavy atom. The van der Waals surface area contributed by atoms with Crippen LogP contribution in [0.15, 0.2) is 22.7 Å². The molecule has 1 aromatic rings. The van der Waals surface area contributed by atoms with Crippen molar-refractivity contribution in [2.45, 2.75) is 12.3 Å². The van der Waals surface area contributed by atoms with Gasteiger partial charge in [0.1, 0.15) is 0 Å². The second-order valence-corrected chi connectivity index (χ2v) is 4.01. The first-order valence-electron chi connectivity index (χ1n) is 3.55. The van der Waals surface area contributed by atoms with E-state index in [-0.39, 0.29) is 0 Å². The molecule has 1 radical (unpaired) electrons. The molecule has 0 nitrogen and oxygen atoms in total. The Morgan fingerprint density at radius 1 is 1.45 bits per heavy atom. The molecule has 2 heteroatoms. The molecule has 0 aromatic heterocycles. The predicted molar refractivity (Wildman–Crippen MR) is 50.8 cm³/mol. The van der Waals surface area contributed by atoms with Crippen molar-refractivity contribution in [2.24, 2.45) is 0 Å². The maximum atomic E-state index is 5.92. The Hall–Kier alpha value is -0.0100. The molecule has 1 aliphatic carbocycles. The molecule has 0 aliphatic heterocycles. The third-order valence-electron chi connectivity index (χ3n) is 1.84. The minimum Gasteiger partial charge on any atom is -0.0831 e. The van der Waals surface area contributed by atoms with Gasteiger partial charge in [0.15, 0.2) is 0 Å². The summed E-state index contributed by atoms with van der Waals surface area (Å²) in [4.78, 5) is 0. The number of halogens is 2. The Balaban J connectivity index is 2.36. The minimum absolute atomic E-state index is 0.667. The van der Waals surface area contributed by atoms with Crippen LogP contribution in [0.5, 0.6) is 0 Å². The summed E-state index contributed by atoms with van der Waals surface area (Å²) in [5.41, 5.74) is 1.33. The molecule has 0 bridgehead atoms. The zero-order valence-corrected chi connectivity index (χ0v) is 8.19. The van der Waals surface area contributed by atoms with E-state index in [2.05, 4.69) is 28.4 Å². The number of hydrogen-bond donors (Lipinski definition) is 0. The average molecular weight is 231 g/mol. The van der Waals surface area contributed by atoms with Crippen LogP contribution in [0, 0.1) is 6.42 Å². The Morgan fingerprint density at radius 3 is 2.73 bits per heavy atom. The fourth-order valence-corrected chi connectivity index (χ4v) is 1.52. The first kappa shape index (κ1) is 7.63. The first-order valence-corrected chi connectivity index (χ1v) is 4.73. The third-order valence-corrected chi connectivity index (χ3v) is 3.08. The monoisotopic (exact) mass is 229 g/mol. The van der Waals surface area contributed by atoms with Crippen molar-refractivity contribution in [3.05, 3.63) is 39.7 Å². The number of rotatable bonds is 1. The van der Waals surface area contributed by atoms with Gasteiger partial charge in [-0.15, -0.1) is 0 Å². The zero-order valence-electron chi connectivity index (χ0n) is 5.85. The summed E-state index contributed by atoms with van der Waals surface area (Å²) in [6.07, 6.45) is 3.48. The fourth-order valence-electron chi connectivity index (χ4n) is 1.08. The Kier molecular flexibility index (Phi) is 1.94. The van der Waals surface area contributed by atoms with Crippen LogP contribution in [0.1, 0.15) is 17.9 Å². The second-order valence-electron chi connectivity index (χ2n) is 2.75. The van der Waals surface area contributed by atoms with Crippen LogP contribution in [0.4, 0.5) is 0 Å². The number of benzene rings is 1. The van der Waals surface area contributed by atoms with E-state index >= 15 is 0 Å². The molecule has 0 N–H and O–H groups in total. The predicted octanol–water partition coefficient (Wildman–Crippen LogP) is 3.79. The molecule has 1 aliphatic rings. The van der Waals surface area contributed by atoms with E-state index in [1.54, 1.807) is 0 Å². The van der Waals surface area contributed by atoms with Crippen LogP contribution in [-0.4, -0.2) is 0 Å².